The first-order valence-corrected chi connectivity index (χ1v) is 9.78. The highest BCUT2D eigenvalue weighted by Crippen LogP contribution is 2.33. The molecule has 6 heteroatoms. The predicted molar refractivity (Wildman–Crippen MR) is 104 cm³/mol. The fourth-order valence-electron chi connectivity index (χ4n) is 4.19. The van der Waals surface area contributed by atoms with E-state index in [0.29, 0.717) is 39.0 Å². The number of hydrogen-bond donors (Lipinski definition) is 1. The lowest BCUT2D eigenvalue weighted by atomic mass is 9.84. The Kier molecular flexibility index (Phi) is 5.13. The zero-order valence-corrected chi connectivity index (χ0v) is 15.8. The molecule has 2 aliphatic heterocycles. The molecule has 1 N–H and O–H groups in total. The summed E-state index contributed by atoms with van der Waals surface area (Å²) in [7, 11) is 0. The van der Waals surface area contributed by atoms with Crippen molar-refractivity contribution in [2.75, 3.05) is 19.6 Å². The molecule has 146 valence electrons. The van der Waals surface area contributed by atoms with Crippen LogP contribution in [0, 0.1) is 5.92 Å². The Labute approximate surface area is 164 Å². The Balaban J connectivity index is 1.35. The van der Waals surface area contributed by atoms with Crippen molar-refractivity contribution in [1.29, 1.82) is 0 Å². The molecule has 1 unspecified atom stereocenters. The number of piperidine rings is 1. The highest BCUT2D eigenvalue weighted by Gasteiger charge is 2.40. The lowest BCUT2D eigenvalue weighted by Crippen LogP contribution is -2.47. The van der Waals surface area contributed by atoms with Crippen LogP contribution in [0.3, 0.4) is 0 Å². The molecule has 1 aromatic heterocycles. The van der Waals surface area contributed by atoms with Gasteiger partial charge < -0.3 is 14.9 Å². The average Bonchev–Trinajstić information content (AvgIpc) is 3.10. The maximum Gasteiger partial charge on any atom is 0.227 e. The Morgan fingerprint density at radius 2 is 1.89 bits per heavy atom. The van der Waals surface area contributed by atoms with Crippen molar-refractivity contribution in [3.63, 3.8) is 0 Å². The first-order chi connectivity index (χ1) is 13.5. The van der Waals surface area contributed by atoms with Gasteiger partial charge in [0.1, 0.15) is 0 Å². The van der Waals surface area contributed by atoms with Crippen molar-refractivity contribution in [1.82, 2.24) is 14.8 Å². The monoisotopic (exact) mass is 379 g/mol. The van der Waals surface area contributed by atoms with E-state index in [2.05, 4.69) is 4.98 Å². The number of aliphatic hydroxyl groups is 1. The molecular formula is C22H25N3O3. The third kappa shape index (κ3) is 3.78. The fourth-order valence-corrected chi connectivity index (χ4v) is 4.19. The Bertz CT molecular complexity index is 833. The van der Waals surface area contributed by atoms with Crippen LogP contribution in [-0.4, -0.2) is 51.3 Å². The van der Waals surface area contributed by atoms with Gasteiger partial charge in [-0.3, -0.25) is 14.6 Å². The highest BCUT2D eigenvalue weighted by atomic mass is 16.3. The number of rotatable bonds is 4. The van der Waals surface area contributed by atoms with Crippen molar-refractivity contribution < 1.29 is 14.7 Å². The van der Waals surface area contributed by atoms with E-state index in [4.69, 9.17) is 0 Å². The zero-order chi connectivity index (χ0) is 19.6. The molecule has 0 bridgehead atoms. The summed E-state index contributed by atoms with van der Waals surface area (Å²) >= 11 is 0. The van der Waals surface area contributed by atoms with Gasteiger partial charge in [0.2, 0.25) is 11.8 Å². The first kappa shape index (κ1) is 18.6. The van der Waals surface area contributed by atoms with Crippen molar-refractivity contribution in [3.8, 4) is 0 Å². The van der Waals surface area contributed by atoms with Gasteiger partial charge in [-0.25, -0.2) is 0 Å². The maximum atomic E-state index is 12.9. The van der Waals surface area contributed by atoms with E-state index >= 15 is 0 Å². The van der Waals surface area contributed by atoms with Gasteiger partial charge in [0.25, 0.3) is 0 Å². The average molecular weight is 379 g/mol. The van der Waals surface area contributed by atoms with Gasteiger partial charge in [-0.05, 0) is 30.0 Å². The van der Waals surface area contributed by atoms with Gasteiger partial charge in [0, 0.05) is 45.0 Å². The molecule has 2 aliphatic rings. The molecule has 0 radical (unpaired) electrons. The van der Waals surface area contributed by atoms with Gasteiger partial charge in [0.05, 0.1) is 11.5 Å². The summed E-state index contributed by atoms with van der Waals surface area (Å²) in [5.74, 6) is -0.260. The van der Waals surface area contributed by atoms with Crippen molar-refractivity contribution in [2.24, 2.45) is 5.92 Å². The van der Waals surface area contributed by atoms with Crippen LogP contribution in [0.5, 0.6) is 0 Å². The highest BCUT2D eigenvalue weighted by molar-refractivity contribution is 5.89. The number of amides is 2. The summed E-state index contributed by atoms with van der Waals surface area (Å²) in [6.07, 6.45) is 4.75. The molecule has 2 amide bonds. The Hall–Kier alpha value is -2.73. The van der Waals surface area contributed by atoms with E-state index < -0.39 is 5.60 Å². The molecule has 28 heavy (non-hydrogen) atoms. The van der Waals surface area contributed by atoms with Crippen LogP contribution >= 0.6 is 0 Å². The molecule has 2 aromatic rings. The van der Waals surface area contributed by atoms with E-state index in [1.807, 2.05) is 47.4 Å². The summed E-state index contributed by atoms with van der Waals surface area (Å²) in [5, 5.41) is 10.9. The molecule has 0 spiro atoms. The molecule has 2 saturated heterocycles. The molecule has 2 fully saturated rings. The molecular weight excluding hydrogens is 354 g/mol. The van der Waals surface area contributed by atoms with Gasteiger partial charge >= 0.3 is 0 Å². The number of aromatic nitrogens is 1. The molecule has 1 aromatic carbocycles. The Morgan fingerprint density at radius 3 is 2.57 bits per heavy atom. The zero-order valence-electron chi connectivity index (χ0n) is 15.8. The van der Waals surface area contributed by atoms with Crippen LogP contribution in [0.25, 0.3) is 0 Å². The molecule has 3 heterocycles. The largest absolute Gasteiger partial charge is 0.385 e. The third-order valence-corrected chi connectivity index (χ3v) is 5.87. The minimum atomic E-state index is -0.879. The van der Waals surface area contributed by atoms with Crippen LogP contribution in [-0.2, 0) is 21.7 Å². The number of benzene rings is 1. The van der Waals surface area contributed by atoms with E-state index in [1.54, 1.807) is 17.3 Å². The SMILES string of the molecule is O=C1CC(C(=O)N2CCC(O)(c3ccccc3)CC2)CN1Cc1cccnc1. The van der Waals surface area contributed by atoms with Gasteiger partial charge in [0.15, 0.2) is 0 Å². The van der Waals surface area contributed by atoms with E-state index in [9.17, 15) is 14.7 Å². The van der Waals surface area contributed by atoms with Crippen LogP contribution in [0.2, 0.25) is 0 Å². The fraction of sp³-hybridized carbons (Fsp3) is 0.409. The number of carbonyl (C=O) groups excluding carboxylic acids is 2. The number of carbonyl (C=O) groups is 2. The van der Waals surface area contributed by atoms with Crippen molar-refractivity contribution in [2.45, 2.75) is 31.4 Å². The quantitative estimate of drug-likeness (QED) is 0.881. The summed E-state index contributed by atoms with van der Waals surface area (Å²) in [5.41, 5.74) is 0.992. The van der Waals surface area contributed by atoms with Crippen LogP contribution in [0.15, 0.2) is 54.9 Å². The summed E-state index contributed by atoms with van der Waals surface area (Å²) < 4.78 is 0. The topological polar surface area (TPSA) is 73.7 Å². The van der Waals surface area contributed by atoms with Crippen molar-refractivity contribution >= 4 is 11.8 Å². The van der Waals surface area contributed by atoms with Gasteiger partial charge in [-0.2, -0.15) is 0 Å². The summed E-state index contributed by atoms with van der Waals surface area (Å²) in [6, 6.07) is 13.4. The standard InChI is InChI=1S/C22H25N3O3/c26-20-13-18(16-25(20)15-17-5-4-10-23-14-17)21(27)24-11-8-22(28,9-12-24)19-6-2-1-3-7-19/h1-7,10,14,18,28H,8-9,11-13,15-16H2. The van der Waals surface area contributed by atoms with Gasteiger partial charge in [-0.1, -0.05) is 36.4 Å². The first-order valence-electron chi connectivity index (χ1n) is 9.78. The second-order valence-corrected chi connectivity index (χ2v) is 7.76. The van der Waals surface area contributed by atoms with Crippen molar-refractivity contribution in [3.05, 3.63) is 66.0 Å². The van der Waals surface area contributed by atoms with Crippen LogP contribution in [0.1, 0.15) is 30.4 Å². The normalized spacial score (nSPS) is 21.8. The predicted octanol–water partition coefficient (Wildman–Crippen LogP) is 1.94. The van der Waals surface area contributed by atoms with E-state index in [0.717, 1.165) is 11.1 Å². The summed E-state index contributed by atoms with van der Waals surface area (Å²) in [6.45, 7) is 1.96. The number of pyridine rings is 1. The lowest BCUT2D eigenvalue weighted by molar-refractivity contribution is -0.140. The minimum Gasteiger partial charge on any atom is -0.385 e. The number of likely N-dealkylation sites (tertiary alicyclic amines) is 2. The third-order valence-electron chi connectivity index (χ3n) is 5.87. The maximum absolute atomic E-state index is 12.9. The minimum absolute atomic E-state index is 0.0139. The van der Waals surface area contributed by atoms with Crippen LogP contribution < -0.4 is 0 Å². The Morgan fingerprint density at radius 1 is 1.14 bits per heavy atom. The number of hydrogen-bond acceptors (Lipinski definition) is 4. The van der Waals surface area contributed by atoms with E-state index in [1.165, 1.54) is 0 Å². The summed E-state index contributed by atoms with van der Waals surface area (Å²) in [4.78, 5) is 32.9. The van der Waals surface area contributed by atoms with Gasteiger partial charge in [-0.15, -0.1) is 0 Å². The lowest BCUT2D eigenvalue weighted by Gasteiger charge is -2.39. The molecule has 0 saturated carbocycles. The second-order valence-electron chi connectivity index (χ2n) is 7.76. The molecule has 6 nitrogen and oxygen atoms in total. The number of nitrogens with zero attached hydrogens (tertiary/aromatic N) is 3. The second kappa shape index (κ2) is 7.72. The van der Waals surface area contributed by atoms with Crippen LogP contribution in [0.4, 0.5) is 0 Å². The van der Waals surface area contributed by atoms with E-state index in [-0.39, 0.29) is 24.2 Å². The molecule has 4 rings (SSSR count). The smallest absolute Gasteiger partial charge is 0.227 e. The molecule has 1 atom stereocenters. The molecule has 0 aliphatic carbocycles.